The second kappa shape index (κ2) is 19.0. The van der Waals surface area contributed by atoms with Crippen molar-refractivity contribution in [2.45, 2.75) is 0 Å². The van der Waals surface area contributed by atoms with Gasteiger partial charge in [0.25, 0.3) is 0 Å². The Balaban J connectivity index is 0.664. The predicted molar refractivity (Wildman–Crippen MR) is 361 cm³/mol. The molecule has 0 saturated carbocycles. The van der Waals surface area contributed by atoms with Crippen LogP contribution in [0.2, 0.25) is 0 Å². The second-order valence-electron chi connectivity index (χ2n) is 22.7. The van der Waals surface area contributed by atoms with Crippen molar-refractivity contribution in [3.05, 3.63) is 310 Å². The molecule has 400 valence electrons. The van der Waals surface area contributed by atoms with Crippen molar-refractivity contribution in [1.82, 2.24) is 23.3 Å². The number of aromatic nitrogens is 5. The first kappa shape index (κ1) is 48.0. The fraction of sp³-hybridized carbons (Fsp3) is 0. The summed E-state index contributed by atoms with van der Waals surface area (Å²) < 4.78 is 9.60. The summed E-state index contributed by atoms with van der Waals surface area (Å²) in [6, 6.07) is 111. The molecule has 0 aliphatic rings. The van der Waals surface area contributed by atoms with Gasteiger partial charge in [-0.2, -0.15) is 0 Å². The Labute approximate surface area is 495 Å². The van der Waals surface area contributed by atoms with Gasteiger partial charge in [-0.15, -0.1) is 0 Å². The molecule has 13 aromatic carbocycles. The number of rotatable bonds is 8. The van der Waals surface area contributed by atoms with Crippen LogP contribution in [0.5, 0.6) is 0 Å². The standard InChI is InChI=1S/C81H51N5/c1-3-15-59(16-4-1)83-76-25-13-9-21-67(76)71-47-54(34-43-78(71)83)57-32-41-69-65-19-7-11-23-74(65)85(80(69)50-57)61-36-27-52(28-37-61)56-31-40-64-63(45-46-82-73(64)49-56)53-29-38-62(39-30-53)86-75-24-12-8-20-66(75)70-42-33-58(51-81(70)86)55-35-44-79-72(48-55)68-22-10-14-26-77(68)84(79)60-17-5-2-6-18-60/h1-51H. The van der Waals surface area contributed by atoms with Crippen molar-refractivity contribution in [3.63, 3.8) is 0 Å². The molecule has 0 aliphatic heterocycles. The Kier molecular flexibility index (Phi) is 10.6. The smallest absolute Gasteiger partial charge is 0.0714 e. The topological polar surface area (TPSA) is 32.6 Å². The lowest BCUT2D eigenvalue weighted by molar-refractivity contribution is 1.18. The molecule has 0 saturated heterocycles. The van der Waals surface area contributed by atoms with Crippen LogP contribution in [0, 0.1) is 0 Å². The molecule has 5 nitrogen and oxygen atoms in total. The molecule has 0 bridgehead atoms. The highest BCUT2D eigenvalue weighted by Gasteiger charge is 2.20. The lowest BCUT2D eigenvalue weighted by atomic mass is 9.98. The maximum atomic E-state index is 4.96. The quantitative estimate of drug-likeness (QED) is 0.149. The Morgan fingerprint density at radius 3 is 0.965 bits per heavy atom. The van der Waals surface area contributed by atoms with Gasteiger partial charge in [-0.3, -0.25) is 4.98 Å². The van der Waals surface area contributed by atoms with Gasteiger partial charge in [0.2, 0.25) is 0 Å². The molecule has 0 fully saturated rings. The van der Waals surface area contributed by atoms with Crippen molar-refractivity contribution < 1.29 is 0 Å². The molecular weight excluding hydrogens is 1040 g/mol. The molecular formula is C81H51N5. The summed E-state index contributed by atoms with van der Waals surface area (Å²) in [4.78, 5) is 4.96. The summed E-state index contributed by atoms with van der Waals surface area (Å²) >= 11 is 0. The largest absolute Gasteiger partial charge is 0.309 e. The summed E-state index contributed by atoms with van der Waals surface area (Å²) in [6.45, 7) is 0. The van der Waals surface area contributed by atoms with E-state index in [1.54, 1.807) is 0 Å². The molecule has 0 unspecified atom stereocenters. The summed E-state index contributed by atoms with van der Waals surface area (Å²) in [6.07, 6.45) is 1.95. The maximum Gasteiger partial charge on any atom is 0.0714 e. The minimum atomic E-state index is 0.962. The number of fused-ring (bicyclic) bond motifs is 13. The van der Waals surface area contributed by atoms with Crippen LogP contribution in [0.3, 0.4) is 0 Å². The SMILES string of the molecule is c1ccc(-n2c3ccccc3c3cc(-c4ccc5c6ccccc6n(-c6ccc(-c7ccc8c(-c9ccc(-n%10c%11ccccc%11c%11ccc(-c%12ccc%13c(c%12)c%12ccccc%12n%13-c%12ccccc%12)cc%11%10)cc9)ccnc8c7)cc6)c5c4)ccc32)cc1. The molecule has 18 aromatic rings. The van der Waals surface area contributed by atoms with E-state index in [2.05, 4.69) is 322 Å². The fourth-order valence-electron chi connectivity index (χ4n) is 14.0. The van der Waals surface area contributed by atoms with Crippen molar-refractivity contribution in [2.24, 2.45) is 0 Å². The van der Waals surface area contributed by atoms with E-state index in [1.807, 2.05) is 6.20 Å². The van der Waals surface area contributed by atoms with Crippen molar-refractivity contribution >= 4 is 98.1 Å². The molecule has 0 aliphatic carbocycles. The molecule has 0 atom stereocenters. The minimum Gasteiger partial charge on any atom is -0.309 e. The minimum absolute atomic E-state index is 0.962. The predicted octanol–water partition coefficient (Wildman–Crippen LogP) is 21.3. The number of hydrogen-bond acceptors (Lipinski definition) is 1. The van der Waals surface area contributed by atoms with E-state index >= 15 is 0 Å². The molecule has 18 rings (SSSR count). The van der Waals surface area contributed by atoms with Gasteiger partial charge >= 0.3 is 0 Å². The van der Waals surface area contributed by atoms with Gasteiger partial charge in [0, 0.05) is 77.4 Å². The van der Waals surface area contributed by atoms with Gasteiger partial charge in [-0.25, -0.2) is 0 Å². The molecule has 0 spiro atoms. The monoisotopic (exact) mass is 1090 g/mol. The Morgan fingerprint density at radius 2 is 0.500 bits per heavy atom. The average molecular weight is 1090 g/mol. The third-order valence-corrected chi connectivity index (χ3v) is 18.0. The summed E-state index contributed by atoms with van der Waals surface area (Å²) in [5, 5.41) is 11.0. The van der Waals surface area contributed by atoms with Gasteiger partial charge in [0.05, 0.1) is 49.7 Å². The van der Waals surface area contributed by atoms with Crippen LogP contribution >= 0.6 is 0 Å². The Bertz CT molecular complexity index is 5740. The van der Waals surface area contributed by atoms with Crippen LogP contribution in [-0.4, -0.2) is 23.3 Å². The third-order valence-electron chi connectivity index (χ3n) is 18.0. The molecule has 0 radical (unpaired) electrons. The zero-order valence-corrected chi connectivity index (χ0v) is 46.7. The van der Waals surface area contributed by atoms with E-state index in [0.29, 0.717) is 0 Å². The first-order valence-electron chi connectivity index (χ1n) is 29.5. The Morgan fingerprint density at radius 1 is 0.186 bits per heavy atom. The number of para-hydroxylation sites is 6. The van der Waals surface area contributed by atoms with Crippen LogP contribution in [0.4, 0.5) is 0 Å². The third kappa shape index (κ3) is 7.41. The summed E-state index contributed by atoms with van der Waals surface area (Å²) in [7, 11) is 0. The van der Waals surface area contributed by atoms with E-state index < -0.39 is 0 Å². The van der Waals surface area contributed by atoms with Crippen LogP contribution in [0.1, 0.15) is 0 Å². The Hall–Kier alpha value is -11.5. The fourth-order valence-corrected chi connectivity index (χ4v) is 14.0. The molecule has 5 heteroatoms. The van der Waals surface area contributed by atoms with Crippen LogP contribution < -0.4 is 0 Å². The van der Waals surface area contributed by atoms with Crippen LogP contribution in [0.25, 0.3) is 165 Å². The van der Waals surface area contributed by atoms with E-state index in [-0.39, 0.29) is 0 Å². The van der Waals surface area contributed by atoms with Gasteiger partial charge in [0.1, 0.15) is 0 Å². The highest BCUT2D eigenvalue weighted by atomic mass is 15.0. The number of hydrogen-bond donors (Lipinski definition) is 0. The van der Waals surface area contributed by atoms with E-state index in [1.165, 1.54) is 109 Å². The highest BCUT2D eigenvalue weighted by molar-refractivity contribution is 6.15. The zero-order valence-electron chi connectivity index (χ0n) is 46.7. The number of benzene rings is 13. The zero-order chi connectivity index (χ0) is 56.4. The lowest BCUT2D eigenvalue weighted by Crippen LogP contribution is -1.95. The van der Waals surface area contributed by atoms with Gasteiger partial charge in [-0.05, 0) is 166 Å². The maximum absolute atomic E-state index is 4.96. The van der Waals surface area contributed by atoms with Crippen LogP contribution in [0.15, 0.2) is 310 Å². The summed E-state index contributed by atoms with van der Waals surface area (Å²) in [5.74, 6) is 0. The molecule has 5 aromatic heterocycles. The van der Waals surface area contributed by atoms with Gasteiger partial charge in [-0.1, -0.05) is 182 Å². The second-order valence-corrected chi connectivity index (χ2v) is 22.7. The van der Waals surface area contributed by atoms with Gasteiger partial charge in [0.15, 0.2) is 0 Å². The highest BCUT2D eigenvalue weighted by Crippen LogP contribution is 2.42. The number of pyridine rings is 1. The van der Waals surface area contributed by atoms with E-state index in [0.717, 1.165) is 55.9 Å². The van der Waals surface area contributed by atoms with E-state index in [4.69, 9.17) is 4.98 Å². The average Bonchev–Trinajstić information content (AvgIpc) is 2.49. The molecule has 86 heavy (non-hydrogen) atoms. The molecule has 0 N–H and O–H groups in total. The lowest BCUT2D eigenvalue weighted by Gasteiger charge is -2.13. The van der Waals surface area contributed by atoms with Crippen molar-refractivity contribution in [1.29, 1.82) is 0 Å². The normalized spacial score (nSPS) is 12.0. The van der Waals surface area contributed by atoms with E-state index in [9.17, 15) is 0 Å². The molecule has 0 amide bonds. The number of nitrogens with zero attached hydrogens (tertiary/aromatic N) is 5. The van der Waals surface area contributed by atoms with Gasteiger partial charge < -0.3 is 18.3 Å². The van der Waals surface area contributed by atoms with Crippen molar-refractivity contribution in [2.75, 3.05) is 0 Å². The summed E-state index contributed by atoms with van der Waals surface area (Å²) in [5.41, 5.74) is 24.4. The van der Waals surface area contributed by atoms with Crippen LogP contribution in [-0.2, 0) is 0 Å². The molecule has 5 heterocycles. The first-order valence-corrected chi connectivity index (χ1v) is 29.5. The first-order chi connectivity index (χ1) is 42.6. The van der Waals surface area contributed by atoms with Crippen molar-refractivity contribution in [3.8, 4) is 67.3 Å².